The number of pyridine rings is 1. The number of nitrogens with zero attached hydrogens (tertiary/aromatic N) is 1. The van der Waals surface area contributed by atoms with Crippen molar-refractivity contribution in [1.82, 2.24) is 4.98 Å². The zero-order valence-corrected chi connectivity index (χ0v) is 12.9. The van der Waals surface area contributed by atoms with Crippen molar-refractivity contribution in [3.63, 3.8) is 0 Å². The van der Waals surface area contributed by atoms with E-state index >= 15 is 0 Å². The summed E-state index contributed by atoms with van der Waals surface area (Å²) < 4.78 is 0. The van der Waals surface area contributed by atoms with Crippen LogP contribution in [0, 0.1) is 5.41 Å². The van der Waals surface area contributed by atoms with Crippen molar-refractivity contribution in [2.75, 3.05) is 18.5 Å². The molecule has 0 radical (unpaired) electrons. The Kier molecular flexibility index (Phi) is 4.32. The number of hydrogen-bond donors (Lipinski definition) is 2. The lowest BCUT2D eigenvalue weighted by atomic mass is 9.74. The Morgan fingerprint density at radius 2 is 2.00 bits per heavy atom. The fourth-order valence-corrected chi connectivity index (χ4v) is 3.47. The molecule has 2 aromatic rings. The van der Waals surface area contributed by atoms with Gasteiger partial charge in [0.1, 0.15) is 0 Å². The molecule has 1 saturated carbocycles. The second-order valence-electron chi connectivity index (χ2n) is 6.07. The van der Waals surface area contributed by atoms with Crippen LogP contribution < -0.4 is 5.32 Å². The van der Waals surface area contributed by atoms with Gasteiger partial charge in [0.25, 0.3) is 0 Å². The lowest BCUT2D eigenvalue weighted by molar-refractivity contribution is 0.0944. The Hall–Kier alpha value is -1.32. The number of aliphatic hydroxyl groups is 1. The monoisotopic (exact) mass is 304 g/mol. The number of benzene rings is 1. The molecule has 1 fully saturated rings. The smallest absolute Gasteiger partial charge is 0.0948 e. The number of nitrogens with one attached hydrogen (secondary N) is 1. The summed E-state index contributed by atoms with van der Waals surface area (Å²) in [7, 11) is 0. The van der Waals surface area contributed by atoms with Gasteiger partial charge in [-0.25, -0.2) is 0 Å². The second kappa shape index (κ2) is 6.20. The summed E-state index contributed by atoms with van der Waals surface area (Å²) in [4.78, 5) is 4.44. The molecule has 1 heterocycles. The summed E-state index contributed by atoms with van der Waals surface area (Å²) in [5.41, 5.74) is 1.90. The van der Waals surface area contributed by atoms with Crippen LogP contribution in [0.4, 0.5) is 5.69 Å². The summed E-state index contributed by atoms with van der Waals surface area (Å²) in [5, 5.41) is 15.0. The van der Waals surface area contributed by atoms with Gasteiger partial charge in [-0.05, 0) is 37.1 Å². The van der Waals surface area contributed by atoms with E-state index in [-0.39, 0.29) is 12.0 Å². The molecule has 0 spiro atoms. The SMILES string of the molecule is OCC1(CNc2ccc(Cl)c3cccnc23)CCCCC1. The van der Waals surface area contributed by atoms with E-state index < -0.39 is 0 Å². The van der Waals surface area contributed by atoms with Crippen LogP contribution in [-0.2, 0) is 0 Å². The van der Waals surface area contributed by atoms with E-state index in [4.69, 9.17) is 11.6 Å². The molecule has 3 rings (SSSR count). The average Bonchev–Trinajstić information content (AvgIpc) is 2.55. The molecule has 1 aliphatic carbocycles. The molecule has 0 amide bonds. The molecule has 0 unspecified atom stereocenters. The maximum absolute atomic E-state index is 9.80. The van der Waals surface area contributed by atoms with Crippen LogP contribution in [0.3, 0.4) is 0 Å². The summed E-state index contributed by atoms with van der Waals surface area (Å²) in [6.45, 7) is 1.04. The van der Waals surface area contributed by atoms with Crippen molar-refractivity contribution in [3.05, 3.63) is 35.5 Å². The molecule has 1 aromatic heterocycles. The molecule has 21 heavy (non-hydrogen) atoms. The van der Waals surface area contributed by atoms with Crippen molar-refractivity contribution in [3.8, 4) is 0 Å². The molecule has 1 aliphatic rings. The summed E-state index contributed by atoms with van der Waals surface area (Å²) in [6.07, 6.45) is 7.67. The van der Waals surface area contributed by atoms with Crippen molar-refractivity contribution >= 4 is 28.2 Å². The van der Waals surface area contributed by atoms with Crippen LogP contribution >= 0.6 is 11.6 Å². The van der Waals surface area contributed by atoms with Gasteiger partial charge in [-0.2, -0.15) is 0 Å². The molecule has 1 aromatic carbocycles. The van der Waals surface area contributed by atoms with Crippen LogP contribution in [0.1, 0.15) is 32.1 Å². The topological polar surface area (TPSA) is 45.1 Å². The van der Waals surface area contributed by atoms with E-state index in [1.54, 1.807) is 6.20 Å². The first-order chi connectivity index (χ1) is 10.2. The first-order valence-electron chi connectivity index (χ1n) is 7.62. The van der Waals surface area contributed by atoms with E-state index in [1.807, 2.05) is 24.3 Å². The van der Waals surface area contributed by atoms with Gasteiger partial charge < -0.3 is 10.4 Å². The second-order valence-corrected chi connectivity index (χ2v) is 6.47. The summed E-state index contributed by atoms with van der Waals surface area (Å²) in [6, 6.07) is 7.76. The van der Waals surface area contributed by atoms with E-state index in [9.17, 15) is 5.11 Å². The van der Waals surface area contributed by atoms with Crippen LogP contribution in [0.25, 0.3) is 10.9 Å². The number of fused-ring (bicyclic) bond motifs is 1. The van der Waals surface area contributed by atoms with Gasteiger partial charge >= 0.3 is 0 Å². The Morgan fingerprint density at radius 3 is 2.76 bits per heavy atom. The third-order valence-electron chi connectivity index (χ3n) is 4.62. The van der Waals surface area contributed by atoms with Crippen LogP contribution in [0.2, 0.25) is 5.02 Å². The molecule has 0 saturated heterocycles. The van der Waals surface area contributed by atoms with Gasteiger partial charge in [0.2, 0.25) is 0 Å². The van der Waals surface area contributed by atoms with Crippen LogP contribution in [0.15, 0.2) is 30.5 Å². The Bertz CT molecular complexity index is 623. The molecular weight excluding hydrogens is 284 g/mol. The minimum Gasteiger partial charge on any atom is -0.396 e. The Balaban J connectivity index is 1.83. The predicted octanol–water partition coefficient (Wildman–Crippen LogP) is 4.24. The summed E-state index contributed by atoms with van der Waals surface area (Å²) in [5.74, 6) is 0. The maximum atomic E-state index is 9.80. The van der Waals surface area contributed by atoms with E-state index in [2.05, 4.69) is 10.3 Å². The zero-order chi connectivity index (χ0) is 14.7. The minimum absolute atomic E-state index is 0.0129. The molecule has 0 bridgehead atoms. The molecule has 4 heteroatoms. The lowest BCUT2D eigenvalue weighted by Crippen LogP contribution is -2.35. The van der Waals surface area contributed by atoms with Crippen LogP contribution in [-0.4, -0.2) is 23.2 Å². The van der Waals surface area contributed by atoms with E-state index in [1.165, 1.54) is 19.3 Å². The standard InChI is InChI=1S/C17H21ClN2O/c18-14-6-7-15(16-13(14)5-4-10-19-16)20-11-17(12-21)8-2-1-3-9-17/h4-7,10,20-21H,1-3,8-9,11-12H2. The van der Waals surface area contributed by atoms with E-state index in [0.29, 0.717) is 0 Å². The van der Waals surface area contributed by atoms with Gasteiger partial charge in [0, 0.05) is 23.5 Å². The number of aliphatic hydroxyl groups excluding tert-OH is 1. The van der Waals surface area contributed by atoms with Gasteiger partial charge in [-0.15, -0.1) is 0 Å². The largest absolute Gasteiger partial charge is 0.396 e. The number of hydrogen-bond acceptors (Lipinski definition) is 3. The maximum Gasteiger partial charge on any atom is 0.0948 e. The third-order valence-corrected chi connectivity index (χ3v) is 4.95. The van der Waals surface area contributed by atoms with Crippen LogP contribution in [0.5, 0.6) is 0 Å². The zero-order valence-electron chi connectivity index (χ0n) is 12.1. The highest BCUT2D eigenvalue weighted by Gasteiger charge is 2.31. The fourth-order valence-electron chi connectivity index (χ4n) is 3.26. The highest BCUT2D eigenvalue weighted by Crippen LogP contribution is 2.37. The van der Waals surface area contributed by atoms with Crippen molar-refractivity contribution in [2.24, 2.45) is 5.41 Å². The third kappa shape index (κ3) is 2.99. The number of aromatic nitrogens is 1. The Morgan fingerprint density at radius 1 is 1.19 bits per heavy atom. The van der Waals surface area contributed by atoms with Crippen molar-refractivity contribution in [1.29, 1.82) is 0 Å². The molecule has 3 nitrogen and oxygen atoms in total. The van der Waals surface area contributed by atoms with Gasteiger partial charge in [0.15, 0.2) is 0 Å². The lowest BCUT2D eigenvalue weighted by Gasteiger charge is -2.36. The molecule has 112 valence electrons. The van der Waals surface area contributed by atoms with E-state index in [0.717, 1.165) is 41.0 Å². The quantitative estimate of drug-likeness (QED) is 0.888. The highest BCUT2D eigenvalue weighted by molar-refractivity contribution is 6.35. The number of halogens is 1. The number of anilines is 1. The molecule has 2 N–H and O–H groups in total. The normalized spacial score (nSPS) is 17.8. The minimum atomic E-state index is 0.0129. The van der Waals surface area contributed by atoms with Crippen molar-refractivity contribution in [2.45, 2.75) is 32.1 Å². The van der Waals surface area contributed by atoms with Gasteiger partial charge in [-0.3, -0.25) is 4.98 Å². The van der Waals surface area contributed by atoms with Crippen molar-refractivity contribution < 1.29 is 5.11 Å². The molecule has 0 aliphatic heterocycles. The molecular formula is C17H21ClN2O. The predicted molar refractivity (Wildman–Crippen MR) is 87.8 cm³/mol. The highest BCUT2D eigenvalue weighted by atomic mass is 35.5. The fraction of sp³-hybridized carbons (Fsp3) is 0.471. The van der Waals surface area contributed by atoms with Gasteiger partial charge in [0.05, 0.1) is 22.8 Å². The number of rotatable bonds is 4. The van der Waals surface area contributed by atoms with Gasteiger partial charge in [-0.1, -0.05) is 30.9 Å². The molecule has 0 atom stereocenters. The Labute approximate surface area is 130 Å². The first-order valence-corrected chi connectivity index (χ1v) is 8.00. The summed E-state index contributed by atoms with van der Waals surface area (Å²) >= 11 is 6.22. The first kappa shape index (κ1) is 14.6. The average molecular weight is 305 g/mol.